The lowest BCUT2D eigenvalue weighted by atomic mass is 9.87. The first-order chi connectivity index (χ1) is 14.5. The third-order valence-electron chi connectivity index (χ3n) is 6.94. The molecule has 0 aliphatic carbocycles. The highest BCUT2D eigenvalue weighted by Crippen LogP contribution is 2.55. The summed E-state index contributed by atoms with van der Waals surface area (Å²) in [5.41, 5.74) is 4.49. The molecule has 3 aliphatic heterocycles. The van der Waals surface area contributed by atoms with Gasteiger partial charge in [0.15, 0.2) is 5.78 Å². The predicted octanol–water partition coefficient (Wildman–Crippen LogP) is 4.32. The van der Waals surface area contributed by atoms with Crippen LogP contribution in [0.4, 0.5) is 15.8 Å². The van der Waals surface area contributed by atoms with Crippen LogP contribution in [-0.2, 0) is 4.75 Å². The van der Waals surface area contributed by atoms with Crippen molar-refractivity contribution in [3.05, 3.63) is 59.4 Å². The number of hydrogen-bond acceptors (Lipinski definition) is 5. The van der Waals surface area contributed by atoms with E-state index in [-0.39, 0.29) is 16.3 Å². The number of likely N-dealkylation sites (tertiary alicyclic amines) is 1. The maximum Gasteiger partial charge on any atom is 0.162 e. The van der Waals surface area contributed by atoms with Crippen molar-refractivity contribution in [1.82, 2.24) is 4.90 Å². The Bertz CT molecular complexity index is 965. The fourth-order valence-corrected chi connectivity index (χ4v) is 6.12. The van der Waals surface area contributed by atoms with Crippen LogP contribution >= 0.6 is 12.6 Å². The summed E-state index contributed by atoms with van der Waals surface area (Å²) >= 11 is 5.29. The Hall–Kier alpha value is -2.05. The van der Waals surface area contributed by atoms with E-state index in [1.165, 1.54) is 29.1 Å². The summed E-state index contributed by atoms with van der Waals surface area (Å²) in [6.45, 7) is 6.05. The molecule has 2 aromatic carbocycles. The summed E-state index contributed by atoms with van der Waals surface area (Å²) in [6.07, 6.45) is 2.37. The van der Waals surface area contributed by atoms with Gasteiger partial charge in [0, 0.05) is 37.7 Å². The summed E-state index contributed by atoms with van der Waals surface area (Å²) in [7, 11) is 0. The molecule has 1 N–H and O–H groups in total. The van der Waals surface area contributed by atoms with Crippen molar-refractivity contribution in [1.29, 1.82) is 0 Å². The maximum atomic E-state index is 13.1. The van der Waals surface area contributed by atoms with Crippen LogP contribution < -0.4 is 10.2 Å². The van der Waals surface area contributed by atoms with Crippen LogP contribution in [0.25, 0.3) is 0 Å². The highest BCUT2D eigenvalue weighted by molar-refractivity contribution is 7.81. The van der Waals surface area contributed by atoms with Gasteiger partial charge >= 0.3 is 0 Å². The number of carbonyl (C=O) groups excluding carboxylic acids is 1. The number of nitrogens with one attached hydrogen (secondary N) is 1. The fourth-order valence-electron chi connectivity index (χ4n) is 5.49. The van der Waals surface area contributed by atoms with Crippen LogP contribution in [0.3, 0.4) is 0 Å². The number of halogens is 1. The van der Waals surface area contributed by atoms with Crippen molar-refractivity contribution < 1.29 is 9.18 Å². The largest absolute Gasteiger partial charge is 0.381 e. The van der Waals surface area contributed by atoms with Crippen molar-refractivity contribution in [3.63, 3.8) is 0 Å². The van der Waals surface area contributed by atoms with Gasteiger partial charge in [-0.3, -0.25) is 4.79 Å². The van der Waals surface area contributed by atoms with Crippen LogP contribution in [0.2, 0.25) is 0 Å². The number of nitrogens with zero attached hydrogens (tertiary/aromatic N) is 2. The van der Waals surface area contributed by atoms with Crippen LogP contribution in [-0.4, -0.2) is 48.9 Å². The smallest absolute Gasteiger partial charge is 0.162 e. The molecule has 1 unspecified atom stereocenters. The van der Waals surface area contributed by atoms with Gasteiger partial charge in [-0.15, -0.1) is 0 Å². The summed E-state index contributed by atoms with van der Waals surface area (Å²) in [4.78, 5) is 17.5. The van der Waals surface area contributed by atoms with Crippen LogP contribution in [0.5, 0.6) is 0 Å². The molecule has 0 aromatic heterocycles. The zero-order chi connectivity index (χ0) is 20.9. The number of piperidine rings is 1. The number of rotatable bonds is 5. The van der Waals surface area contributed by atoms with E-state index < -0.39 is 0 Å². The molecule has 1 fully saturated rings. The number of benzene rings is 2. The van der Waals surface area contributed by atoms with E-state index >= 15 is 0 Å². The van der Waals surface area contributed by atoms with E-state index in [0.29, 0.717) is 24.1 Å². The van der Waals surface area contributed by atoms with Crippen molar-refractivity contribution in [2.45, 2.75) is 43.0 Å². The minimum absolute atomic E-state index is 0.0818. The zero-order valence-corrected chi connectivity index (χ0v) is 18.2. The second-order valence-electron chi connectivity index (χ2n) is 8.88. The molecule has 0 saturated carbocycles. The van der Waals surface area contributed by atoms with E-state index in [1.54, 1.807) is 12.1 Å². The summed E-state index contributed by atoms with van der Waals surface area (Å²) in [6, 6.07) is 13.3. The molecule has 30 heavy (non-hydrogen) atoms. The Morgan fingerprint density at radius 1 is 1.27 bits per heavy atom. The van der Waals surface area contributed by atoms with Crippen molar-refractivity contribution in [2.75, 3.05) is 36.4 Å². The minimum Gasteiger partial charge on any atom is -0.381 e. The lowest BCUT2D eigenvalue weighted by Crippen LogP contribution is -2.57. The lowest BCUT2D eigenvalue weighted by molar-refractivity contribution is 0.0969. The number of hydrogen-bond donors (Lipinski definition) is 2. The highest BCUT2D eigenvalue weighted by atomic mass is 32.1. The third-order valence-corrected chi connectivity index (χ3v) is 7.62. The van der Waals surface area contributed by atoms with Crippen molar-refractivity contribution in [2.24, 2.45) is 0 Å². The van der Waals surface area contributed by atoms with Crippen LogP contribution in [0.1, 0.15) is 42.1 Å². The standard InChI is InChI=1S/C24H28FN3OS/c1-16-14-26-20-5-2-4-19-23(20)28(16)22-11-13-27(15-24(19,22)30)12-3-6-21(29)17-7-9-18(25)10-8-17/h2,4-5,7-10,16,22,26,30H,3,6,11-15H2,1H3/t16?,22-,24+/m0/s1. The Morgan fingerprint density at radius 3 is 2.87 bits per heavy atom. The average Bonchev–Trinajstić information content (AvgIpc) is 3.01. The summed E-state index contributed by atoms with van der Waals surface area (Å²) in [5, 5.41) is 3.58. The minimum atomic E-state index is -0.309. The molecule has 0 spiro atoms. The number of anilines is 2. The molecular weight excluding hydrogens is 397 g/mol. The molecule has 4 nitrogen and oxygen atoms in total. The molecule has 0 radical (unpaired) electrons. The fraction of sp³-hybridized carbons (Fsp3) is 0.458. The Morgan fingerprint density at radius 2 is 2.07 bits per heavy atom. The Balaban J connectivity index is 1.27. The zero-order valence-electron chi connectivity index (χ0n) is 17.3. The molecule has 2 aromatic rings. The van der Waals surface area contributed by atoms with E-state index in [4.69, 9.17) is 12.6 Å². The molecule has 0 amide bonds. The van der Waals surface area contributed by atoms with Gasteiger partial charge in [0.25, 0.3) is 0 Å². The van der Waals surface area contributed by atoms with Gasteiger partial charge in [0.1, 0.15) is 5.82 Å². The van der Waals surface area contributed by atoms with Gasteiger partial charge in [-0.1, -0.05) is 12.1 Å². The van der Waals surface area contributed by atoms with Crippen LogP contribution in [0.15, 0.2) is 42.5 Å². The molecule has 3 atom stereocenters. The molecule has 5 rings (SSSR count). The number of ketones is 1. The second kappa shape index (κ2) is 7.57. The average molecular weight is 426 g/mol. The van der Waals surface area contributed by atoms with Crippen molar-refractivity contribution >= 4 is 29.8 Å². The van der Waals surface area contributed by atoms with E-state index in [9.17, 15) is 9.18 Å². The lowest BCUT2D eigenvalue weighted by Gasteiger charge is -2.47. The molecular formula is C24H28FN3OS. The molecule has 158 valence electrons. The number of thiol groups is 1. The van der Waals surface area contributed by atoms with Gasteiger partial charge in [-0.2, -0.15) is 12.6 Å². The molecule has 0 bridgehead atoms. The number of Topliss-reactive ketones (excluding diaryl/α,β-unsaturated/α-hetero) is 1. The van der Waals surface area contributed by atoms with Crippen LogP contribution in [0, 0.1) is 5.82 Å². The molecule has 1 saturated heterocycles. The van der Waals surface area contributed by atoms with Gasteiger partial charge in [-0.05, 0) is 62.2 Å². The molecule has 3 heterocycles. The molecule has 6 heteroatoms. The quantitative estimate of drug-likeness (QED) is 0.552. The number of fused-ring (bicyclic) bond motifs is 3. The first-order valence-corrected chi connectivity index (χ1v) is 11.3. The number of carbonyl (C=O) groups is 1. The topological polar surface area (TPSA) is 35.6 Å². The van der Waals surface area contributed by atoms with Crippen molar-refractivity contribution in [3.8, 4) is 0 Å². The monoisotopic (exact) mass is 425 g/mol. The Labute approximate surface area is 182 Å². The van der Waals surface area contributed by atoms with Gasteiger partial charge in [-0.25, -0.2) is 4.39 Å². The normalized spacial score (nSPS) is 27.4. The SMILES string of the molecule is CC1CNc2cccc3c2N1[C@H]1CCN(CCCC(=O)c2ccc(F)cc2)C[C@@]31S. The highest BCUT2D eigenvalue weighted by Gasteiger charge is 2.54. The maximum absolute atomic E-state index is 13.1. The van der Waals surface area contributed by atoms with Gasteiger partial charge in [0.2, 0.25) is 0 Å². The van der Waals surface area contributed by atoms with E-state index in [1.807, 2.05) is 0 Å². The predicted molar refractivity (Wildman–Crippen MR) is 122 cm³/mol. The second-order valence-corrected chi connectivity index (χ2v) is 9.68. The third kappa shape index (κ3) is 3.21. The summed E-state index contributed by atoms with van der Waals surface area (Å²) < 4.78 is 12.9. The Kier molecular flexibility index (Phi) is 5.02. The van der Waals surface area contributed by atoms with E-state index in [2.05, 4.69) is 40.2 Å². The van der Waals surface area contributed by atoms with Gasteiger partial charge in [0.05, 0.1) is 22.2 Å². The number of para-hydroxylation sites is 1. The molecule has 3 aliphatic rings. The summed E-state index contributed by atoms with van der Waals surface area (Å²) in [5.74, 6) is -0.227. The first kappa shape index (κ1) is 19.9. The van der Waals surface area contributed by atoms with Gasteiger partial charge < -0.3 is 15.1 Å². The van der Waals surface area contributed by atoms with E-state index in [0.717, 1.165) is 39.0 Å². The first-order valence-electron chi connectivity index (χ1n) is 10.9.